The molecule has 9 nitrogen and oxygen atoms in total. The van der Waals surface area contributed by atoms with Crippen LogP contribution in [0.2, 0.25) is 0 Å². The maximum absolute atomic E-state index is 13.0. The van der Waals surface area contributed by atoms with E-state index in [1.165, 1.54) is 33.5 Å². The van der Waals surface area contributed by atoms with Gasteiger partial charge in [-0.3, -0.25) is 20.3 Å². The second-order valence-corrected chi connectivity index (χ2v) is 9.22. The number of methoxy groups -OCH3 is 3. The molecule has 0 spiro atoms. The molecule has 4 rings (SSSR count). The zero-order valence-electron chi connectivity index (χ0n) is 23.8. The van der Waals surface area contributed by atoms with Crippen molar-refractivity contribution >= 4 is 41.3 Å². The molecule has 0 aliphatic rings. The van der Waals surface area contributed by atoms with Crippen molar-refractivity contribution in [1.29, 1.82) is 5.41 Å². The van der Waals surface area contributed by atoms with Crippen molar-refractivity contribution < 1.29 is 23.8 Å². The molecule has 2 amide bonds. The highest BCUT2D eigenvalue weighted by Gasteiger charge is 2.18. The van der Waals surface area contributed by atoms with Crippen LogP contribution in [0.3, 0.4) is 0 Å². The third kappa shape index (κ3) is 7.33. The lowest BCUT2D eigenvalue weighted by Gasteiger charge is -2.15. The molecule has 0 atom stereocenters. The van der Waals surface area contributed by atoms with E-state index in [9.17, 15) is 9.59 Å². The summed E-state index contributed by atoms with van der Waals surface area (Å²) in [4.78, 5) is 25.8. The molecule has 9 heteroatoms. The van der Waals surface area contributed by atoms with Crippen LogP contribution < -0.4 is 30.2 Å². The first kappa shape index (κ1) is 29.4. The van der Waals surface area contributed by atoms with Crippen LogP contribution in [0.25, 0.3) is 12.2 Å². The minimum absolute atomic E-state index is 0.217. The van der Waals surface area contributed by atoms with Crippen molar-refractivity contribution in [3.8, 4) is 17.2 Å². The van der Waals surface area contributed by atoms with Crippen molar-refractivity contribution in [2.75, 3.05) is 32.0 Å². The van der Waals surface area contributed by atoms with Crippen LogP contribution in [0.15, 0.2) is 84.9 Å². The highest BCUT2D eigenvalue weighted by Crippen LogP contribution is 2.38. The van der Waals surface area contributed by atoms with Gasteiger partial charge in [-0.2, -0.15) is 0 Å². The summed E-state index contributed by atoms with van der Waals surface area (Å²) in [6.45, 7) is 1.87. The maximum atomic E-state index is 13.0. The molecule has 0 fully saturated rings. The topological polar surface area (TPSA) is 122 Å². The predicted octanol–water partition coefficient (Wildman–Crippen LogP) is 6.22. The third-order valence-electron chi connectivity index (χ3n) is 6.36. The first-order chi connectivity index (χ1) is 20.3. The van der Waals surface area contributed by atoms with Crippen LogP contribution in [0.1, 0.15) is 37.4 Å². The fraction of sp³-hybridized carbons (Fsp3) is 0.121. The Morgan fingerprint density at radius 3 is 1.90 bits per heavy atom. The monoisotopic (exact) mass is 564 g/mol. The molecule has 42 heavy (non-hydrogen) atoms. The number of rotatable bonds is 9. The van der Waals surface area contributed by atoms with Gasteiger partial charge in [0.2, 0.25) is 5.75 Å². The standard InChI is InChI=1S/C33H32N4O5/c1-21-10-17-26(35-33(34)37-32(39)25-18-28(40-2)30(42-4)29(19-25)41-3)20-27(21)36-31(38)24-15-13-23(14-16-24)12-11-22-8-6-5-7-9-22/h5-20H,1-4H3,(H,36,38)(H3,34,35,37,39)/b12-11+. The minimum atomic E-state index is -0.547. The Balaban J connectivity index is 1.39. The maximum Gasteiger partial charge on any atom is 0.258 e. The summed E-state index contributed by atoms with van der Waals surface area (Å²) in [5, 5.41) is 16.5. The molecule has 0 unspecified atom stereocenters. The van der Waals surface area contributed by atoms with Crippen molar-refractivity contribution in [3.63, 3.8) is 0 Å². The Bertz CT molecular complexity index is 1590. The van der Waals surface area contributed by atoms with Gasteiger partial charge in [-0.1, -0.05) is 60.7 Å². The summed E-state index contributed by atoms with van der Waals surface area (Å²) in [5.41, 5.74) is 4.71. The first-order valence-electron chi connectivity index (χ1n) is 13.0. The average Bonchev–Trinajstić information content (AvgIpc) is 3.01. The molecule has 0 saturated heterocycles. The molecular weight excluding hydrogens is 532 g/mol. The van der Waals surface area contributed by atoms with Crippen LogP contribution >= 0.6 is 0 Å². The van der Waals surface area contributed by atoms with E-state index in [-0.39, 0.29) is 17.4 Å². The lowest BCUT2D eigenvalue weighted by molar-refractivity contribution is 0.0974. The third-order valence-corrected chi connectivity index (χ3v) is 6.36. The molecule has 4 aromatic rings. The van der Waals surface area contributed by atoms with Gasteiger partial charge < -0.3 is 24.8 Å². The van der Waals surface area contributed by atoms with E-state index in [1.54, 1.807) is 24.3 Å². The number of hydrogen-bond acceptors (Lipinski definition) is 6. The predicted molar refractivity (Wildman–Crippen MR) is 166 cm³/mol. The molecule has 4 aromatic carbocycles. The normalized spacial score (nSPS) is 10.6. The quantitative estimate of drug-likeness (QED) is 0.109. The van der Waals surface area contributed by atoms with Crippen LogP contribution in [-0.4, -0.2) is 39.1 Å². The van der Waals surface area contributed by atoms with Gasteiger partial charge >= 0.3 is 0 Å². The van der Waals surface area contributed by atoms with Gasteiger partial charge in [0.1, 0.15) is 0 Å². The number of hydrogen-bond donors (Lipinski definition) is 4. The summed E-state index contributed by atoms with van der Waals surface area (Å²) >= 11 is 0. The molecular formula is C33H32N4O5. The average molecular weight is 565 g/mol. The zero-order valence-corrected chi connectivity index (χ0v) is 23.8. The van der Waals surface area contributed by atoms with Crippen LogP contribution in [0.4, 0.5) is 11.4 Å². The highest BCUT2D eigenvalue weighted by molar-refractivity contribution is 6.10. The molecule has 0 bridgehead atoms. The summed E-state index contributed by atoms with van der Waals surface area (Å²) in [5.74, 6) is -0.0738. The number of guanidine groups is 1. The Morgan fingerprint density at radius 1 is 0.690 bits per heavy atom. The Morgan fingerprint density at radius 2 is 1.31 bits per heavy atom. The summed E-state index contributed by atoms with van der Waals surface area (Å²) in [6.07, 6.45) is 4.01. The molecule has 0 saturated carbocycles. The van der Waals surface area contributed by atoms with E-state index in [4.69, 9.17) is 19.6 Å². The van der Waals surface area contributed by atoms with E-state index in [1.807, 2.05) is 67.6 Å². The molecule has 0 heterocycles. The molecule has 0 aliphatic carbocycles. The summed E-state index contributed by atoms with van der Waals surface area (Å²) < 4.78 is 15.9. The van der Waals surface area contributed by atoms with Gasteiger partial charge in [0.15, 0.2) is 17.5 Å². The van der Waals surface area contributed by atoms with E-state index in [2.05, 4.69) is 16.0 Å². The van der Waals surface area contributed by atoms with Gasteiger partial charge in [-0.05, 0) is 60.0 Å². The van der Waals surface area contributed by atoms with Gasteiger partial charge in [-0.25, -0.2) is 0 Å². The lowest BCUT2D eigenvalue weighted by Crippen LogP contribution is -2.35. The van der Waals surface area contributed by atoms with Gasteiger partial charge in [0.25, 0.3) is 11.8 Å². The fourth-order valence-electron chi connectivity index (χ4n) is 4.10. The molecule has 0 aliphatic heterocycles. The molecule has 0 aromatic heterocycles. The number of amides is 2. The van der Waals surface area contributed by atoms with Crippen LogP contribution in [0.5, 0.6) is 17.2 Å². The van der Waals surface area contributed by atoms with E-state index in [0.29, 0.717) is 34.2 Å². The number of anilines is 2. The van der Waals surface area contributed by atoms with E-state index in [0.717, 1.165) is 16.7 Å². The fourth-order valence-corrected chi connectivity index (χ4v) is 4.10. The number of benzene rings is 4. The van der Waals surface area contributed by atoms with Gasteiger partial charge in [-0.15, -0.1) is 0 Å². The zero-order chi connectivity index (χ0) is 30.1. The molecule has 4 N–H and O–H groups in total. The van der Waals surface area contributed by atoms with Crippen molar-refractivity contribution in [2.24, 2.45) is 0 Å². The molecule has 214 valence electrons. The Kier molecular flexibility index (Phi) is 9.57. The first-order valence-corrected chi connectivity index (χ1v) is 13.0. The van der Waals surface area contributed by atoms with Gasteiger partial charge in [0, 0.05) is 22.5 Å². The largest absolute Gasteiger partial charge is 0.493 e. The number of carbonyl (C=O) groups is 2. The number of ether oxygens (including phenoxy) is 3. The lowest BCUT2D eigenvalue weighted by atomic mass is 10.1. The summed E-state index contributed by atoms with van der Waals surface area (Å²) in [7, 11) is 4.38. The van der Waals surface area contributed by atoms with Crippen molar-refractivity contribution in [2.45, 2.75) is 6.92 Å². The Hall–Kier alpha value is -5.57. The van der Waals surface area contributed by atoms with Crippen molar-refractivity contribution in [1.82, 2.24) is 5.32 Å². The van der Waals surface area contributed by atoms with E-state index < -0.39 is 5.91 Å². The smallest absolute Gasteiger partial charge is 0.258 e. The highest BCUT2D eigenvalue weighted by atomic mass is 16.5. The molecule has 0 radical (unpaired) electrons. The summed E-state index contributed by atoms with van der Waals surface area (Å²) in [6, 6.07) is 25.5. The second kappa shape index (κ2) is 13.7. The number of aryl methyl sites for hydroxylation is 1. The second-order valence-electron chi connectivity index (χ2n) is 9.22. The Labute approximate surface area is 244 Å². The SMILES string of the molecule is COc1cc(C(=O)NC(=N)Nc2ccc(C)c(NC(=O)c3ccc(/C=C/c4ccccc4)cc3)c2)cc(OC)c1OC. The van der Waals surface area contributed by atoms with Gasteiger partial charge in [0.05, 0.1) is 21.3 Å². The van der Waals surface area contributed by atoms with E-state index >= 15 is 0 Å². The minimum Gasteiger partial charge on any atom is -0.493 e. The van der Waals surface area contributed by atoms with Crippen molar-refractivity contribution in [3.05, 3.63) is 113 Å². The number of carbonyl (C=O) groups excluding carboxylic acids is 2. The van der Waals surface area contributed by atoms with Crippen LogP contribution in [-0.2, 0) is 0 Å². The number of nitrogens with one attached hydrogen (secondary N) is 4. The van der Waals surface area contributed by atoms with Crippen LogP contribution in [0, 0.1) is 12.3 Å².